The number of nitrogens with zero attached hydrogens (tertiary/aromatic N) is 1. The number of amides is 1. The minimum absolute atomic E-state index is 0. The van der Waals surface area contributed by atoms with Crippen molar-refractivity contribution in [2.24, 2.45) is 10.9 Å². The number of benzene rings is 1. The van der Waals surface area contributed by atoms with Crippen molar-refractivity contribution in [3.8, 4) is 0 Å². The van der Waals surface area contributed by atoms with Crippen LogP contribution in [0, 0.1) is 5.92 Å². The zero-order valence-corrected chi connectivity index (χ0v) is 17.8. The van der Waals surface area contributed by atoms with Crippen LogP contribution in [-0.2, 0) is 0 Å². The maximum atomic E-state index is 11.9. The molecule has 1 aromatic rings. The van der Waals surface area contributed by atoms with Gasteiger partial charge >= 0.3 is 0 Å². The van der Waals surface area contributed by atoms with Gasteiger partial charge in [0.25, 0.3) is 5.91 Å². The standard InChI is InChI=1S/C16H25BrN4O.HI/c1-12(2)8-9-20-16(18-3)21-11-10-19-15(22)13-4-6-14(17)7-5-13;/h4-7,12H,8-11H2,1-3H3,(H,19,22)(H2,18,20,21);1H. The van der Waals surface area contributed by atoms with Crippen molar-refractivity contribution in [1.82, 2.24) is 16.0 Å². The molecular weight excluding hydrogens is 471 g/mol. The van der Waals surface area contributed by atoms with Crippen molar-refractivity contribution in [3.63, 3.8) is 0 Å². The number of carbonyl (C=O) groups excluding carboxylic acids is 1. The van der Waals surface area contributed by atoms with Crippen molar-refractivity contribution >= 4 is 51.8 Å². The Balaban J connectivity index is 0.00000484. The minimum atomic E-state index is -0.0722. The largest absolute Gasteiger partial charge is 0.356 e. The number of nitrogens with one attached hydrogen (secondary N) is 3. The first-order valence-corrected chi connectivity index (χ1v) is 8.30. The van der Waals surface area contributed by atoms with E-state index in [1.165, 1.54) is 0 Å². The van der Waals surface area contributed by atoms with E-state index in [0.29, 0.717) is 24.6 Å². The number of hydrogen-bond acceptors (Lipinski definition) is 2. The van der Waals surface area contributed by atoms with Crippen LogP contribution in [0.4, 0.5) is 0 Å². The van der Waals surface area contributed by atoms with Gasteiger partial charge in [-0.1, -0.05) is 29.8 Å². The summed E-state index contributed by atoms with van der Waals surface area (Å²) >= 11 is 3.35. The monoisotopic (exact) mass is 496 g/mol. The van der Waals surface area contributed by atoms with E-state index < -0.39 is 0 Å². The highest BCUT2D eigenvalue weighted by Gasteiger charge is 2.04. The van der Waals surface area contributed by atoms with Crippen LogP contribution < -0.4 is 16.0 Å². The molecule has 0 spiro atoms. The smallest absolute Gasteiger partial charge is 0.251 e. The fourth-order valence-electron chi connectivity index (χ4n) is 1.76. The second kappa shape index (κ2) is 12.6. The summed E-state index contributed by atoms with van der Waals surface area (Å²) in [7, 11) is 1.74. The first kappa shape index (κ1) is 22.2. The second-order valence-corrected chi connectivity index (χ2v) is 6.29. The summed E-state index contributed by atoms with van der Waals surface area (Å²) in [5.74, 6) is 1.35. The Morgan fingerprint density at radius 3 is 2.22 bits per heavy atom. The number of guanidine groups is 1. The van der Waals surface area contributed by atoms with Crippen LogP contribution in [0.5, 0.6) is 0 Å². The highest BCUT2D eigenvalue weighted by Crippen LogP contribution is 2.10. The van der Waals surface area contributed by atoms with Crippen molar-refractivity contribution in [1.29, 1.82) is 0 Å². The molecule has 0 atom stereocenters. The van der Waals surface area contributed by atoms with E-state index in [4.69, 9.17) is 0 Å². The molecule has 130 valence electrons. The van der Waals surface area contributed by atoms with Crippen LogP contribution in [0.2, 0.25) is 0 Å². The zero-order valence-electron chi connectivity index (χ0n) is 13.9. The van der Waals surface area contributed by atoms with E-state index in [9.17, 15) is 4.79 Å². The Morgan fingerprint density at radius 2 is 1.65 bits per heavy atom. The molecule has 0 aliphatic carbocycles. The summed E-state index contributed by atoms with van der Waals surface area (Å²) in [5.41, 5.74) is 0.655. The van der Waals surface area contributed by atoms with Gasteiger partial charge < -0.3 is 16.0 Å². The average molecular weight is 497 g/mol. The van der Waals surface area contributed by atoms with Gasteiger partial charge in [-0.3, -0.25) is 9.79 Å². The van der Waals surface area contributed by atoms with Crippen LogP contribution >= 0.6 is 39.9 Å². The van der Waals surface area contributed by atoms with Crippen LogP contribution in [0.25, 0.3) is 0 Å². The Hall–Kier alpha value is -0.830. The second-order valence-electron chi connectivity index (χ2n) is 5.37. The average Bonchev–Trinajstić information content (AvgIpc) is 2.49. The molecule has 0 bridgehead atoms. The molecular formula is C16H26BrIN4O. The van der Waals surface area contributed by atoms with Crippen LogP contribution in [0.1, 0.15) is 30.6 Å². The van der Waals surface area contributed by atoms with Crippen molar-refractivity contribution in [2.75, 3.05) is 26.7 Å². The first-order valence-electron chi connectivity index (χ1n) is 7.51. The summed E-state index contributed by atoms with van der Waals surface area (Å²) in [5, 5.41) is 9.30. The summed E-state index contributed by atoms with van der Waals surface area (Å²) in [6, 6.07) is 7.29. The molecule has 0 saturated carbocycles. The number of hydrogen-bond donors (Lipinski definition) is 3. The number of halogens is 2. The van der Waals surface area contributed by atoms with E-state index in [1.54, 1.807) is 19.2 Å². The van der Waals surface area contributed by atoms with Crippen LogP contribution in [-0.4, -0.2) is 38.5 Å². The van der Waals surface area contributed by atoms with E-state index in [2.05, 4.69) is 50.7 Å². The lowest BCUT2D eigenvalue weighted by molar-refractivity contribution is 0.0954. The van der Waals surface area contributed by atoms with E-state index in [1.807, 2.05) is 12.1 Å². The summed E-state index contributed by atoms with van der Waals surface area (Å²) < 4.78 is 0.960. The quantitative estimate of drug-likeness (QED) is 0.235. The Bertz CT molecular complexity index is 491. The fraction of sp³-hybridized carbons (Fsp3) is 0.500. The van der Waals surface area contributed by atoms with Crippen molar-refractivity contribution < 1.29 is 4.79 Å². The molecule has 1 aromatic carbocycles. The van der Waals surface area contributed by atoms with E-state index >= 15 is 0 Å². The lowest BCUT2D eigenvalue weighted by atomic mass is 10.1. The van der Waals surface area contributed by atoms with Gasteiger partial charge in [0, 0.05) is 36.7 Å². The molecule has 5 nitrogen and oxygen atoms in total. The number of aliphatic imine (C=N–C) groups is 1. The normalized spacial score (nSPS) is 10.9. The molecule has 0 aliphatic rings. The molecule has 3 N–H and O–H groups in total. The van der Waals surface area contributed by atoms with Crippen molar-refractivity contribution in [2.45, 2.75) is 20.3 Å². The molecule has 0 aliphatic heterocycles. The van der Waals surface area contributed by atoms with Gasteiger partial charge in [-0.2, -0.15) is 0 Å². The topological polar surface area (TPSA) is 65.5 Å². The summed E-state index contributed by atoms with van der Waals surface area (Å²) in [4.78, 5) is 16.1. The molecule has 0 fully saturated rings. The van der Waals surface area contributed by atoms with Gasteiger partial charge in [0.05, 0.1) is 0 Å². The molecule has 7 heteroatoms. The zero-order chi connectivity index (χ0) is 16.4. The Labute approximate surface area is 164 Å². The predicted molar refractivity (Wildman–Crippen MR) is 111 cm³/mol. The highest BCUT2D eigenvalue weighted by molar-refractivity contribution is 14.0. The number of rotatable bonds is 7. The Kier molecular flexibility index (Phi) is 12.1. The van der Waals surface area contributed by atoms with Gasteiger partial charge in [-0.05, 0) is 36.6 Å². The first-order chi connectivity index (χ1) is 10.5. The Morgan fingerprint density at radius 1 is 1.09 bits per heavy atom. The third-order valence-electron chi connectivity index (χ3n) is 3.05. The van der Waals surface area contributed by atoms with Crippen LogP contribution in [0.15, 0.2) is 33.7 Å². The number of carbonyl (C=O) groups is 1. The predicted octanol–water partition coefficient (Wildman–Crippen LogP) is 3.01. The lowest BCUT2D eigenvalue weighted by Crippen LogP contribution is -2.42. The van der Waals surface area contributed by atoms with Gasteiger partial charge in [-0.25, -0.2) is 0 Å². The highest BCUT2D eigenvalue weighted by atomic mass is 127. The summed E-state index contributed by atoms with van der Waals surface area (Å²) in [6.45, 7) is 6.44. The SMILES string of the molecule is CN=C(NCCNC(=O)c1ccc(Br)cc1)NCCC(C)C.I. The maximum absolute atomic E-state index is 11.9. The third kappa shape index (κ3) is 9.80. The van der Waals surface area contributed by atoms with Gasteiger partial charge in [-0.15, -0.1) is 24.0 Å². The molecule has 1 rings (SSSR count). The minimum Gasteiger partial charge on any atom is -0.356 e. The molecule has 1 amide bonds. The van der Waals surface area contributed by atoms with E-state index in [0.717, 1.165) is 23.4 Å². The molecule has 0 heterocycles. The van der Waals surface area contributed by atoms with Crippen molar-refractivity contribution in [3.05, 3.63) is 34.3 Å². The molecule has 0 aromatic heterocycles. The van der Waals surface area contributed by atoms with Gasteiger partial charge in [0.1, 0.15) is 0 Å². The van der Waals surface area contributed by atoms with E-state index in [-0.39, 0.29) is 29.9 Å². The summed E-state index contributed by atoms with van der Waals surface area (Å²) in [6.07, 6.45) is 1.10. The molecule has 0 saturated heterocycles. The fourth-order valence-corrected chi connectivity index (χ4v) is 2.02. The molecule has 23 heavy (non-hydrogen) atoms. The van der Waals surface area contributed by atoms with Gasteiger partial charge in [0.15, 0.2) is 5.96 Å². The molecule has 0 radical (unpaired) electrons. The van der Waals surface area contributed by atoms with Gasteiger partial charge in [0.2, 0.25) is 0 Å². The third-order valence-corrected chi connectivity index (χ3v) is 3.58. The molecule has 0 unspecified atom stereocenters. The maximum Gasteiger partial charge on any atom is 0.251 e. The lowest BCUT2D eigenvalue weighted by Gasteiger charge is -2.13. The van der Waals surface area contributed by atoms with Crippen LogP contribution in [0.3, 0.4) is 0 Å².